The molecule has 5 nitrogen and oxygen atoms in total. The molecule has 1 atom stereocenters. The van der Waals surface area contributed by atoms with Crippen molar-refractivity contribution in [1.29, 1.82) is 0 Å². The van der Waals surface area contributed by atoms with Crippen LogP contribution < -0.4 is 11.1 Å². The standard InChI is InChI=1S/C13H24N2O3/c1-9(2)8-13(3,12(14)17)15-11(16)10-4-6-18-7-5-10/h9-10H,4-8H2,1-3H3,(H2,14,17)(H,15,16)/t13-/m0/s1. The summed E-state index contributed by atoms with van der Waals surface area (Å²) < 4.78 is 5.22. The molecule has 3 N–H and O–H groups in total. The van der Waals surface area contributed by atoms with E-state index in [1.807, 2.05) is 13.8 Å². The maximum atomic E-state index is 12.1. The SMILES string of the molecule is CC(C)C[C@](C)(NC(=O)C1CCOCC1)C(N)=O. The summed E-state index contributed by atoms with van der Waals surface area (Å²) in [6, 6.07) is 0. The third-order valence-electron chi connectivity index (χ3n) is 3.35. The van der Waals surface area contributed by atoms with Crippen LogP contribution in [0.25, 0.3) is 0 Å². The van der Waals surface area contributed by atoms with Crippen LogP contribution in [0, 0.1) is 11.8 Å². The van der Waals surface area contributed by atoms with E-state index < -0.39 is 11.4 Å². The molecule has 0 radical (unpaired) electrons. The van der Waals surface area contributed by atoms with Gasteiger partial charge in [0.1, 0.15) is 5.54 Å². The van der Waals surface area contributed by atoms with E-state index in [1.165, 1.54) is 0 Å². The van der Waals surface area contributed by atoms with Crippen LogP contribution in [0.2, 0.25) is 0 Å². The molecule has 0 saturated carbocycles. The highest BCUT2D eigenvalue weighted by atomic mass is 16.5. The van der Waals surface area contributed by atoms with Crippen molar-refractivity contribution < 1.29 is 14.3 Å². The third kappa shape index (κ3) is 3.98. The fourth-order valence-electron chi connectivity index (χ4n) is 2.36. The predicted octanol–water partition coefficient (Wildman–Crippen LogP) is 0.819. The van der Waals surface area contributed by atoms with Crippen LogP contribution in [-0.2, 0) is 14.3 Å². The first kappa shape index (κ1) is 15.0. The van der Waals surface area contributed by atoms with Crippen molar-refractivity contribution in [3.63, 3.8) is 0 Å². The fraction of sp³-hybridized carbons (Fsp3) is 0.846. The van der Waals surface area contributed by atoms with Gasteiger partial charge >= 0.3 is 0 Å². The highest BCUT2D eigenvalue weighted by molar-refractivity contribution is 5.90. The molecule has 18 heavy (non-hydrogen) atoms. The number of nitrogens with one attached hydrogen (secondary N) is 1. The van der Waals surface area contributed by atoms with E-state index in [0.29, 0.717) is 32.5 Å². The zero-order chi connectivity index (χ0) is 13.8. The Kier molecular flexibility index (Phi) is 5.14. The maximum absolute atomic E-state index is 12.1. The van der Waals surface area contributed by atoms with Gasteiger partial charge in [-0.1, -0.05) is 13.8 Å². The highest BCUT2D eigenvalue weighted by Crippen LogP contribution is 2.20. The minimum absolute atomic E-state index is 0.0652. The van der Waals surface area contributed by atoms with Gasteiger partial charge in [-0.15, -0.1) is 0 Å². The molecular weight excluding hydrogens is 232 g/mol. The van der Waals surface area contributed by atoms with Gasteiger partial charge in [0.2, 0.25) is 11.8 Å². The predicted molar refractivity (Wildman–Crippen MR) is 68.7 cm³/mol. The number of amides is 2. The van der Waals surface area contributed by atoms with Gasteiger partial charge in [-0.25, -0.2) is 0 Å². The quantitative estimate of drug-likeness (QED) is 0.764. The first-order valence-corrected chi connectivity index (χ1v) is 6.55. The summed E-state index contributed by atoms with van der Waals surface area (Å²) in [4.78, 5) is 23.7. The van der Waals surface area contributed by atoms with Crippen molar-refractivity contribution in [3.8, 4) is 0 Å². The minimum Gasteiger partial charge on any atom is -0.381 e. The Hall–Kier alpha value is -1.10. The molecule has 104 valence electrons. The summed E-state index contributed by atoms with van der Waals surface area (Å²) in [5.74, 6) is -0.334. The summed E-state index contributed by atoms with van der Waals surface area (Å²) in [6.45, 7) is 6.92. The molecule has 1 aliphatic heterocycles. The molecule has 0 aromatic rings. The second-order valence-electron chi connectivity index (χ2n) is 5.67. The number of ether oxygens (including phenoxy) is 1. The Morgan fingerprint density at radius 3 is 2.39 bits per heavy atom. The molecule has 1 rings (SSSR count). The van der Waals surface area contributed by atoms with Crippen LogP contribution in [0.5, 0.6) is 0 Å². The number of nitrogens with two attached hydrogens (primary N) is 1. The molecule has 2 amide bonds. The lowest BCUT2D eigenvalue weighted by Gasteiger charge is -2.32. The van der Waals surface area contributed by atoms with E-state index in [2.05, 4.69) is 5.32 Å². The number of hydrogen-bond acceptors (Lipinski definition) is 3. The Labute approximate surface area is 108 Å². The van der Waals surface area contributed by atoms with Gasteiger partial charge < -0.3 is 15.8 Å². The van der Waals surface area contributed by atoms with Gasteiger partial charge in [0.05, 0.1) is 0 Å². The van der Waals surface area contributed by atoms with Gasteiger partial charge in [0.25, 0.3) is 0 Å². The number of primary amides is 1. The smallest absolute Gasteiger partial charge is 0.242 e. The van der Waals surface area contributed by atoms with Gasteiger partial charge in [-0.05, 0) is 32.1 Å². The summed E-state index contributed by atoms with van der Waals surface area (Å²) in [6.07, 6.45) is 1.97. The molecule has 5 heteroatoms. The molecule has 0 aliphatic carbocycles. The maximum Gasteiger partial charge on any atom is 0.242 e. The average Bonchev–Trinajstić information content (AvgIpc) is 2.28. The molecule has 0 unspecified atom stereocenters. The summed E-state index contributed by atoms with van der Waals surface area (Å²) in [7, 11) is 0. The summed E-state index contributed by atoms with van der Waals surface area (Å²) >= 11 is 0. The van der Waals surface area contributed by atoms with Gasteiger partial charge in [-0.3, -0.25) is 9.59 Å². The van der Waals surface area contributed by atoms with Gasteiger partial charge in [0, 0.05) is 19.1 Å². The summed E-state index contributed by atoms with van der Waals surface area (Å²) in [5, 5.41) is 2.82. The number of carbonyl (C=O) groups excluding carboxylic acids is 2. The van der Waals surface area contributed by atoms with Crippen molar-refractivity contribution in [1.82, 2.24) is 5.32 Å². The van der Waals surface area contributed by atoms with E-state index in [1.54, 1.807) is 6.92 Å². The zero-order valence-electron chi connectivity index (χ0n) is 11.5. The molecule has 1 saturated heterocycles. The normalized spacial score (nSPS) is 20.4. The summed E-state index contributed by atoms with van der Waals surface area (Å²) in [5.41, 5.74) is 4.46. The average molecular weight is 256 g/mol. The highest BCUT2D eigenvalue weighted by Gasteiger charge is 2.35. The molecule has 1 heterocycles. The van der Waals surface area contributed by atoms with Crippen molar-refractivity contribution in [2.24, 2.45) is 17.6 Å². The largest absolute Gasteiger partial charge is 0.381 e. The minimum atomic E-state index is -0.955. The van der Waals surface area contributed by atoms with Crippen LogP contribution >= 0.6 is 0 Å². The number of rotatable bonds is 5. The first-order chi connectivity index (χ1) is 8.35. The lowest BCUT2D eigenvalue weighted by Crippen LogP contribution is -2.57. The Bertz CT molecular complexity index is 311. The van der Waals surface area contributed by atoms with E-state index in [0.717, 1.165) is 0 Å². The van der Waals surface area contributed by atoms with Crippen LogP contribution in [0.1, 0.15) is 40.0 Å². The van der Waals surface area contributed by atoms with Crippen LogP contribution in [-0.4, -0.2) is 30.6 Å². The molecule has 0 spiro atoms. The fourth-order valence-corrected chi connectivity index (χ4v) is 2.36. The van der Waals surface area contributed by atoms with Gasteiger partial charge in [0.15, 0.2) is 0 Å². The molecule has 0 aromatic heterocycles. The van der Waals surface area contributed by atoms with E-state index in [9.17, 15) is 9.59 Å². The van der Waals surface area contributed by atoms with Crippen LogP contribution in [0.3, 0.4) is 0 Å². The van der Waals surface area contributed by atoms with Crippen molar-refractivity contribution in [2.75, 3.05) is 13.2 Å². The second kappa shape index (κ2) is 6.18. The first-order valence-electron chi connectivity index (χ1n) is 6.55. The molecule has 1 fully saturated rings. The molecule has 0 aromatic carbocycles. The molecule has 0 bridgehead atoms. The van der Waals surface area contributed by atoms with Crippen molar-refractivity contribution >= 4 is 11.8 Å². The van der Waals surface area contributed by atoms with E-state index in [-0.39, 0.29) is 17.7 Å². The Morgan fingerprint density at radius 1 is 1.39 bits per heavy atom. The lowest BCUT2D eigenvalue weighted by molar-refractivity contribution is -0.135. The van der Waals surface area contributed by atoms with E-state index >= 15 is 0 Å². The zero-order valence-corrected chi connectivity index (χ0v) is 11.5. The lowest BCUT2D eigenvalue weighted by atomic mass is 9.88. The Morgan fingerprint density at radius 2 is 1.94 bits per heavy atom. The molecule has 1 aliphatic rings. The Balaban J connectivity index is 2.65. The number of carbonyl (C=O) groups is 2. The monoisotopic (exact) mass is 256 g/mol. The van der Waals surface area contributed by atoms with Crippen molar-refractivity contribution in [2.45, 2.75) is 45.6 Å². The second-order valence-corrected chi connectivity index (χ2v) is 5.67. The van der Waals surface area contributed by atoms with Crippen LogP contribution in [0.15, 0.2) is 0 Å². The third-order valence-corrected chi connectivity index (χ3v) is 3.35. The van der Waals surface area contributed by atoms with Crippen molar-refractivity contribution in [3.05, 3.63) is 0 Å². The van der Waals surface area contributed by atoms with Crippen LogP contribution in [0.4, 0.5) is 0 Å². The topological polar surface area (TPSA) is 81.4 Å². The molecular formula is C13H24N2O3. The van der Waals surface area contributed by atoms with E-state index in [4.69, 9.17) is 10.5 Å². The number of hydrogen-bond donors (Lipinski definition) is 2. The van der Waals surface area contributed by atoms with Gasteiger partial charge in [-0.2, -0.15) is 0 Å².